The molecule has 0 aliphatic rings. The fraction of sp³-hybridized carbons (Fsp3) is 0.130. The number of aromatic amines is 1. The molecule has 1 heterocycles. The van der Waals surface area contributed by atoms with E-state index in [1.807, 2.05) is 0 Å². The van der Waals surface area contributed by atoms with Gasteiger partial charge in [0.1, 0.15) is 41.4 Å². The monoisotopic (exact) mass is 439 g/mol. The third-order valence-corrected chi connectivity index (χ3v) is 4.69. The van der Waals surface area contributed by atoms with Gasteiger partial charge in [0.15, 0.2) is 0 Å². The van der Waals surface area contributed by atoms with Gasteiger partial charge in [0.2, 0.25) is 0 Å². The predicted octanol–water partition coefficient (Wildman–Crippen LogP) is 3.49. The molecule has 1 atom stereocenters. The van der Waals surface area contributed by atoms with Gasteiger partial charge in [-0.25, -0.2) is 13.8 Å². The molecular formula is C23H19F2N3O4. The zero-order valence-corrected chi connectivity index (χ0v) is 16.7. The molecule has 4 N–H and O–H groups in total. The average molecular weight is 439 g/mol. The number of carbonyl (C=O) groups is 1. The van der Waals surface area contributed by atoms with E-state index in [2.05, 4.69) is 15.3 Å². The molecule has 3 aromatic carbocycles. The second kappa shape index (κ2) is 9.13. The van der Waals surface area contributed by atoms with Crippen molar-refractivity contribution >= 4 is 22.6 Å². The zero-order valence-electron chi connectivity index (χ0n) is 16.7. The van der Waals surface area contributed by atoms with Crippen molar-refractivity contribution in [3.8, 4) is 17.1 Å². The van der Waals surface area contributed by atoms with Crippen molar-refractivity contribution in [2.24, 2.45) is 0 Å². The maximum atomic E-state index is 14.2. The number of anilines is 1. The Balaban J connectivity index is 1.59. The quantitative estimate of drug-likeness (QED) is 0.353. The van der Waals surface area contributed by atoms with Crippen LogP contribution >= 0.6 is 0 Å². The maximum absolute atomic E-state index is 14.2. The highest BCUT2D eigenvalue weighted by molar-refractivity contribution is 6.11. The molecule has 0 aliphatic heterocycles. The van der Waals surface area contributed by atoms with Crippen molar-refractivity contribution in [2.45, 2.75) is 6.10 Å². The molecule has 164 valence electrons. The van der Waals surface area contributed by atoms with Gasteiger partial charge < -0.3 is 25.3 Å². The first-order chi connectivity index (χ1) is 15.4. The van der Waals surface area contributed by atoms with E-state index in [0.29, 0.717) is 22.5 Å². The number of rotatable bonds is 7. The number of hydrogen-bond acceptors (Lipinski definition) is 5. The minimum atomic E-state index is -1.01. The van der Waals surface area contributed by atoms with E-state index in [1.54, 1.807) is 42.5 Å². The standard InChI is InChI=1S/C23H19F2N3O4/c24-13-7-8-19(25)18(9-13)22-27-20-6-2-5-17(21(20)28-22)23(31)26-14-3-1-4-16(10-14)32-12-15(30)11-29/h1-10,15,29-30H,11-12H2,(H,26,31)(H,27,28)/t15-/m1/s1. The molecule has 0 fully saturated rings. The van der Waals surface area contributed by atoms with E-state index in [-0.39, 0.29) is 23.6 Å². The topological polar surface area (TPSA) is 107 Å². The summed E-state index contributed by atoms with van der Waals surface area (Å²) in [6.45, 7) is -0.522. The zero-order chi connectivity index (χ0) is 22.7. The Morgan fingerprint density at radius 2 is 1.94 bits per heavy atom. The first-order valence-corrected chi connectivity index (χ1v) is 9.72. The number of H-pyrrole nitrogens is 1. The Morgan fingerprint density at radius 1 is 1.12 bits per heavy atom. The minimum Gasteiger partial charge on any atom is -0.491 e. The van der Waals surface area contributed by atoms with Crippen molar-refractivity contribution in [1.82, 2.24) is 9.97 Å². The Bertz CT molecular complexity index is 1280. The summed E-state index contributed by atoms with van der Waals surface area (Å²) in [6.07, 6.45) is -1.01. The number of nitrogens with zero attached hydrogens (tertiary/aromatic N) is 1. The summed E-state index contributed by atoms with van der Waals surface area (Å²) in [7, 11) is 0. The highest BCUT2D eigenvalue weighted by Gasteiger charge is 2.17. The van der Waals surface area contributed by atoms with Crippen LogP contribution in [-0.2, 0) is 0 Å². The molecule has 0 saturated carbocycles. The second-order valence-electron chi connectivity index (χ2n) is 7.04. The molecule has 32 heavy (non-hydrogen) atoms. The minimum absolute atomic E-state index is 0.0394. The van der Waals surface area contributed by atoms with Gasteiger partial charge in [-0.1, -0.05) is 12.1 Å². The number of imidazole rings is 1. The molecule has 0 aliphatic carbocycles. The lowest BCUT2D eigenvalue weighted by atomic mass is 10.1. The number of carbonyl (C=O) groups excluding carboxylic acids is 1. The molecule has 0 bridgehead atoms. The van der Waals surface area contributed by atoms with E-state index in [1.165, 1.54) is 0 Å². The normalized spacial score (nSPS) is 12.0. The van der Waals surface area contributed by atoms with Crippen molar-refractivity contribution < 1.29 is 28.5 Å². The van der Waals surface area contributed by atoms with Crippen LogP contribution in [0.5, 0.6) is 5.75 Å². The number of nitrogens with one attached hydrogen (secondary N) is 2. The third-order valence-electron chi connectivity index (χ3n) is 4.69. The largest absolute Gasteiger partial charge is 0.491 e. The van der Waals surface area contributed by atoms with Gasteiger partial charge in [-0.15, -0.1) is 0 Å². The molecule has 0 saturated heterocycles. The van der Waals surface area contributed by atoms with E-state index in [9.17, 15) is 18.7 Å². The van der Waals surface area contributed by atoms with E-state index in [0.717, 1.165) is 18.2 Å². The molecule has 9 heteroatoms. The number of ether oxygens (including phenoxy) is 1. The highest BCUT2D eigenvalue weighted by Crippen LogP contribution is 2.26. The number of aliphatic hydroxyl groups is 2. The fourth-order valence-corrected chi connectivity index (χ4v) is 3.13. The van der Waals surface area contributed by atoms with Crippen molar-refractivity contribution in [2.75, 3.05) is 18.5 Å². The van der Waals surface area contributed by atoms with E-state index < -0.39 is 30.3 Å². The molecule has 0 unspecified atom stereocenters. The Hall–Kier alpha value is -3.82. The predicted molar refractivity (Wildman–Crippen MR) is 114 cm³/mol. The van der Waals surface area contributed by atoms with E-state index in [4.69, 9.17) is 9.84 Å². The number of para-hydroxylation sites is 1. The molecule has 4 rings (SSSR count). The number of aliphatic hydroxyl groups excluding tert-OH is 2. The maximum Gasteiger partial charge on any atom is 0.257 e. The molecule has 1 amide bonds. The Kier molecular flexibility index (Phi) is 6.11. The van der Waals surface area contributed by atoms with Crippen LogP contribution in [0.1, 0.15) is 10.4 Å². The van der Waals surface area contributed by atoms with Gasteiger partial charge in [0.25, 0.3) is 5.91 Å². The molecule has 4 aromatic rings. The van der Waals surface area contributed by atoms with Gasteiger partial charge in [0, 0.05) is 11.8 Å². The summed E-state index contributed by atoms with van der Waals surface area (Å²) >= 11 is 0. The molecule has 0 spiro atoms. The van der Waals surface area contributed by atoms with Crippen LogP contribution < -0.4 is 10.1 Å². The van der Waals surface area contributed by atoms with Crippen LogP contribution in [0.2, 0.25) is 0 Å². The van der Waals surface area contributed by atoms with E-state index >= 15 is 0 Å². The average Bonchev–Trinajstić information content (AvgIpc) is 3.23. The first-order valence-electron chi connectivity index (χ1n) is 9.72. The number of fused-ring (bicyclic) bond motifs is 1. The summed E-state index contributed by atoms with van der Waals surface area (Å²) in [4.78, 5) is 20.1. The summed E-state index contributed by atoms with van der Waals surface area (Å²) in [6, 6.07) is 14.5. The smallest absolute Gasteiger partial charge is 0.257 e. The second-order valence-corrected chi connectivity index (χ2v) is 7.04. The number of aromatic nitrogens is 2. The lowest BCUT2D eigenvalue weighted by molar-refractivity contribution is 0.0536. The fourth-order valence-electron chi connectivity index (χ4n) is 3.13. The highest BCUT2D eigenvalue weighted by atomic mass is 19.1. The van der Waals surface area contributed by atoms with Crippen LogP contribution in [0, 0.1) is 11.6 Å². The Labute approximate surface area is 181 Å². The van der Waals surface area contributed by atoms with Crippen LogP contribution in [0.4, 0.5) is 14.5 Å². The third kappa shape index (κ3) is 4.58. The van der Waals surface area contributed by atoms with Gasteiger partial charge in [-0.05, 0) is 42.5 Å². The molecule has 7 nitrogen and oxygen atoms in total. The summed E-state index contributed by atoms with van der Waals surface area (Å²) < 4.78 is 33.1. The van der Waals surface area contributed by atoms with Crippen molar-refractivity contribution in [3.63, 3.8) is 0 Å². The van der Waals surface area contributed by atoms with Gasteiger partial charge >= 0.3 is 0 Å². The number of amides is 1. The van der Waals surface area contributed by atoms with Crippen LogP contribution in [0.15, 0.2) is 60.7 Å². The number of benzene rings is 3. The van der Waals surface area contributed by atoms with Gasteiger partial charge in [-0.3, -0.25) is 4.79 Å². The SMILES string of the molecule is O=C(Nc1cccc(OC[C@H](O)CO)c1)c1cccc2[nH]c(-c3cc(F)ccc3F)nc12. The first kappa shape index (κ1) is 21.4. The van der Waals surface area contributed by atoms with Crippen LogP contribution in [-0.4, -0.2) is 45.4 Å². The lowest BCUT2D eigenvalue weighted by Gasteiger charge is -2.11. The lowest BCUT2D eigenvalue weighted by Crippen LogP contribution is -2.21. The van der Waals surface area contributed by atoms with Gasteiger partial charge in [0.05, 0.1) is 23.3 Å². The van der Waals surface area contributed by atoms with Crippen molar-refractivity contribution in [3.05, 3.63) is 77.9 Å². The van der Waals surface area contributed by atoms with Crippen LogP contribution in [0.3, 0.4) is 0 Å². The molecule has 1 aromatic heterocycles. The number of halogens is 2. The number of hydrogen-bond donors (Lipinski definition) is 4. The van der Waals surface area contributed by atoms with Crippen molar-refractivity contribution in [1.29, 1.82) is 0 Å². The molecular weight excluding hydrogens is 420 g/mol. The summed E-state index contributed by atoms with van der Waals surface area (Å²) in [5.74, 6) is -1.19. The summed E-state index contributed by atoms with van der Waals surface area (Å²) in [5, 5.41) is 21.0. The Morgan fingerprint density at radius 3 is 2.75 bits per heavy atom. The summed E-state index contributed by atoms with van der Waals surface area (Å²) in [5.41, 5.74) is 1.44. The van der Waals surface area contributed by atoms with Gasteiger partial charge in [-0.2, -0.15) is 0 Å². The van der Waals surface area contributed by atoms with Crippen LogP contribution in [0.25, 0.3) is 22.4 Å². The molecule has 0 radical (unpaired) electrons.